The lowest BCUT2D eigenvalue weighted by atomic mass is 10.1. The highest BCUT2D eigenvalue weighted by molar-refractivity contribution is 6.30. The first-order valence-electron chi connectivity index (χ1n) is 5.82. The molecule has 2 aromatic rings. The van der Waals surface area contributed by atoms with Crippen LogP contribution < -0.4 is 10.9 Å². The summed E-state index contributed by atoms with van der Waals surface area (Å²) in [5.74, 6) is -0.399. The van der Waals surface area contributed by atoms with Crippen molar-refractivity contribution < 1.29 is 4.79 Å². The summed E-state index contributed by atoms with van der Waals surface area (Å²) >= 11 is 5.81. The van der Waals surface area contributed by atoms with E-state index in [-0.39, 0.29) is 11.6 Å². The number of aromatic nitrogens is 1. The normalized spacial score (nSPS) is 11.9. The minimum Gasteiger partial charge on any atom is -0.345 e. The number of nitrogens with one attached hydrogen (secondary N) is 2. The van der Waals surface area contributed by atoms with Crippen LogP contribution in [-0.4, -0.2) is 10.9 Å². The fraction of sp³-hybridized carbons (Fsp3) is 0.143. The number of H-pyrrole nitrogens is 1. The number of pyridine rings is 1. The molecule has 0 spiro atoms. The van der Waals surface area contributed by atoms with Crippen LogP contribution in [0, 0.1) is 0 Å². The van der Waals surface area contributed by atoms with Crippen molar-refractivity contribution in [1.29, 1.82) is 0 Å². The lowest BCUT2D eigenvalue weighted by Crippen LogP contribution is -2.31. The molecule has 1 heterocycles. The molecule has 0 aliphatic heterocycles. The Morgan fingerprint density at radius 1 is 1.26 bits per heavy atom. The van der Waals surface area contributed by atoms with Crippen LogP contribution in [0.15, 0.2) is 47.4 Å². The highest BCUT2D eigenvalue weighted by Gasteiger charge is 2.13. The smallest absolute Gasteiger partial charge is 0.260 e. The second-order valence-electron chi connectivity index (χ2n) is 4.16. The van der Waals surface area contributed by atoms with Crippen LogP contribution in [0.2, 0.25) is 5.02 Å². The van der Waals surface area contributed by atoms with Gasteiger partial charge in [-0.05, 0) is 36.8 Å². The Bertz CT molecular complexity index is 634. The summed E-state index contributed by atoms with van der Waals surface area (Å²) in [5, 5.41) is 3.41. The van der Waals surface area contributed by atoms with Gasteiger partial charge >= 0.3 is 0 Å². The summed E-state index contributed by atoms with van der Waals surface area (Å²) in [5.41, 5.74) is 0.622. The number of rotatable bonds is 3. The van der Waals surface area contributed by atoms with Crippen LogP contribution in [0.5, 0.6) is 0 Å². The first-order chi connectivity index (χ1) is 9.08. The van der Waals surface area contributed by atoms with E-state index in [1.807, 2.05) is 19.1 Å². The Balaban J connectivity index is 2.13. The van der Waals surface area contributed by atoms with Gasteiger partial charge in [0.2, 0.25) is 0 Å². The molecule has 1 aromatic carbocycles. The Morgan fingerprint density at radius 2 is 1.95 bits per heavy atom. The third-order valence-corrected chi connectivity index (χ3v) is 3.03. The Labute approximate surface area is 115 Å². The van der Waals surface area contributed by atoms with E-state index in [0.717, 1.165) is 5.56 Å². The van der Waals surface area contributed by atoms with E-state index in [2.05, 4.69) is 10.3 Å². The highest BCUT2D eigenvalue weighted by atomic mass is 35.5. The third kappa shape index (κ3) is 3.23. The van der Waals surface area contributed by atoms with Crippen molar-refractivity contribution in [2.24, 2.45) is 0 Å². The van der Waals surface area contributed by atoms with Crippen molar-refractivity contribution >= 4 is 17.5 Å². The second kappa shape index (κ2) is 5.71. The molecule has 98 valence electrons. The molecule has 1 aromatic heterocycles. The zero-order valence-electron chi connectivity index (χ0n) is 10.3. The predicted molar refractivity (Wildman–Crippen MR) is 74.4 cm³/mol. The molecule has 0 aliphatic carbocycles. The first kappa shape index (κ1) is 13.4. The van der Waals surface area contributed by atoms with Crippen molar-refractivity contribution in [3.8, 4) is 0 Å². The van der Waals surface area contributed by atoms with Gasteiger partial charge in [-0.3, -0.25) is 9.59 Å². The highest BCUT2D eigenvalue weighted by Crippen LogP contribution is 2.16. The monoisotopic (exact) mass is 276 g/mol. The number of halogens is 1. The van der Waals surface area contributed by atoms with Gasteiger partial charge in [0.15, 0.2) is 0 Å². The molecule has 0 fully saturated rings. The maximum atomic E-state index is 12.0. The molecule has 19 heavy (non-hydrogen) atoms. The average molecular weight is 277 g/mol. The fourth-order valence-electron chi connectivity index (χ4n) is 1.71. The molecule has 0 aliphatic rings. The molecule has 1 atom stereocenters. The lowest BCUT2D eigenvalue weighted by molar-refractivity contribution is 0.0938. The quantitative estimate of drug-likeness (QED) is 0.905. The fourth-order valence-corrected chi connectivity index (χ4v) is 1.84. The van der Waals surface area contributed by atoms with Crippen LogP contribution in [0.25, 0.3) is 0 Å². The van der Waals surface area contributed by atoms with Gasteiger partial charge in [-0.2, -0.15) is 0 Å². The predicted octanol–water partition coefficient (Wildman–Crippen LogP) is 2.52. The van der Waals surface area contributed by atoms with E-state index >= 15 is 0 Å². The summed E-state index contributed by atoms with van der Waals surface area (Å²) in [6, 6.07) is 10.1. The molecule has 4 nitrogen and oxygen atoms in total. The zero-order chi connectivity index (χ0) is 13.8. The molecule has 5 heteroatoms. The Morgan fingerprint density at radius 3 is 2.58 bits per heavy atom. The van der Waals surface area contributed by atoms with E-state index in [0.29, 0.717) is 5.02 Å². The molecular formula is C14H13ClN2O2. The number of hydrogen-bond donors (Lipinski definition) is 2. The SMILES string of the molecule is C[C@@H](NC(=O)c1ccc[nH]c1=O)c1ccc(Cl)cc1. The second-order valence-corrected chi connectivity index (χ2v) is 4.60. The van der Waals surface area contributed by atoms with Crippen LogP contribution in [0.4, 0.5) is 0 Å². The Hall–Kier alpha value is -2.07. The number of carbonyl (C=O) groups excluding carboxylic acids is 1. The Kier molecular flexibility index (Phi) is 4.02. The van der Waals surface area contributed by atoms with E-state index in [9.17, 15) is 9.59 Å². The van der Waals surface area contributed by atoms with Gasteiger partial charge in [-0.15, -0.1) is 0 Å². The van der Waals surface area contributed by atoms with Crippen LogP contribution in [-0.2, 0) is 0 Å². The summed E-state index contributed by atoms with van der Waals surface area (Å²) in [6.07, 6.45) is 1.49. The zero-order valence-corrected chi connectivity index (χ0v) is 11.1. The van der Waals surface area contributed by atoms with E-state index in [4.69, 9.17) is 11.6 Å². The maximum absolute atomic E-state index is 12.0. The third-order valence-electron chi connectivity index (χ3n) is 2.78. The lowest BCUT2D eigenvalue weighted by Gasteiger charge is -2.14. The molecule has 2 N–H and O–H groups in total. The van der Waals surface area contributed by atoms with Gasteiger partial charge in [-0.25, -0.2) is 0 Å². The standard InChI is InChI=1S/C14H13ClN2O2/c1-9(10-4-6-11(15)7-5-10)17-14(19)12-3-2-8-16-13(12)18/h2-9H,1H3,(H,16,18)(H,17,19)/t9-/m1/s1. The minimum absolute atomic E-state index is 0.100. The number of carbonyl (C=O) groups is 1. The number of hydrogen-bond acceptors (Lipinski definition) is 2. The van der Waals surface area contributed by atoms with Gasteiger partial charge in [0.05, 0.1) is 6.04 Å². The number of amides is 1. The van der Waals surface area contributed by atoms with Crippen LogP contribution >= 0.6 is 11.6 Å². The van der Waals surface area contributed by atoms with Crippen molar-refractivity contribution in [1.82, 2.24) is 10.3 Å². The molecule has 0 radical (unpaired) electrons. The van der Waals surface area contributed by atoms with E-state index in [1.165, 1.54) is 12.3 Å². The summed E-state index contributed by atoms with van der Waals surface area (Å²) in [6.45, 7) is 1.85. The van der Waals surface area contributed by atoms with Crippen molar-refractivity contribution in [2.45, 2.75) is 13.0 Å². The van der Waals surface area contributed by atoms with Crippen molar-refractivity contribution in [2.75, 3.05) is 0 Å². The molecule has 1 amide bonds. The van der Waals surface area contributed by atoms with E-state index in [1.54, 1.807) is 18.2 Å². The van der Waals surface area contributed by atoms with Gasteiger partial charge in [0.1, 0.15) is 5.56 Å². The molecule has 0 saturated heterocycles. The van der Waals surface area contributed by atoms with Crippen LogP contribution in [0.3, 0.4) is 0 Å². The summed E-state index contributed by atoms with van der Waals surface area (Å²) in [7, 11) is 0. The largest absolute Gasteiger partial charge is 0.345 e. The molecule has 0 unspecified atom stereocenters. The topological polar surface area (TPSA) is 62.0 Å². The van der Waals surface area contributed by atoms with Crippen molar-refractivity contribution in [3.05, 3.63) is 69.1 Å². The summed E-state index contributed by atoms with van der Waals surface area (Å²) in [4.78, 5) is 25.9. The van der Waals surface area contributed by atoms with Gasteiger partial charge in [0.25, 0.3) is 11.5 Å². The molecule has 0 saturated carbocycles. The van der Waals surface area contributed by atoms with Gasteiger partial charge < -0.3 is 10.3 Å². The van der Waals surface area contributed by atoms with Crippen molar-refractivity contribution in [3.63, 3.8) is 0 Å². The molecular weight excluding hydrogens is 264 g/mol. The van der Waals surface area contributed by atoms with Crippen LogP contribution in [0.1, 0.15) is 28.9 Å². The van der Waals surface area contributed by atoms with Gasteiger partial charge in [-0.1, -0.05) is 23.7 Å². The molecule has 2 rings (SSSR count). The summed E-state index contributed by atoms with van der Waals surface area (Å²) < 4.78 is 0. The van der Waals surface area contributed by atoms with E-state index < -0.39 is 11.5 Å². The first-order valence-corrected chi connectivity index (χ1v) is 6.20. The average Bonchev–Trinajstić information content (AvgIpc) is 2.39. The maximum Gasteiger partial charge on any atom is 0.260 e. The number of aromatic amines is 1. The number of benzene rings is 1. The minimum atomic E-state index is -0.400. The van der Waals surface area contributed by atoms with Gasteiger partial charge in [0, 0.05) is 11.2 Å². The molecule has 0 bridgehead atoms.